The highest BCUT2D eigenvalue weighted by Gasteiger charge is 2.38. The van der Waals surface area contributed by atoms with Crippen molar-refractivity contribution in [2.24, 2.45) is 0 Å². The SMILES string of the molecule is CNc1nccc(-c2cnc([C@H]3CC[C@H]4CC(c5c(-n6cnnn6)ccc(Cl)c5F)=CCN43)[nH]2)c1F. The van der Waals surface area contributed by atoms with Crippen LogP contribution in [0.1, 0.15) is 36.7 Å². The van der Waals surface area contributed by atoms with Gasteiger partial charge in [-0.3, -0.25) is 4.90 Å². The first-order valence-corrected chi connectivity index (χ1v) is 12.0. The van der Waals surface area contributed by atoms with E-state index in [0.717, 1.165) is 24.2 Å². The Morgan fingerprint density at radius 1 is 1.14 bits per heavy atom. The van der Waals surface area contributed by atoms with Gasteiger partial charge in [-0.05, 0) is 53.5 Å². The number of fused-ring (bicyclic) bond motifs is 1. The van der Waals surface area contributed by atoms with Crippen molar-refractivity contribution in [3.8, 4) is 16.9 Å². The average Bonchev–Trinajstić information content (AvgIpc) is 3.66. The number of aromatic amines is 1. The Bertz CT molecular complexity index is 1450. The van der Waals surface area contributed by atoms with Gasteiger partial charge in [-0.1, -0.05) is 17.7 Å². The molecular formula is C24H22ClF2N9. The van der Waals surface area contributed by atoms with Crippen molar-refractivity contribution >= 4 is 23.0 Å². The van der Waals surface area contributed by atoms with Crippen molar-refractivity contribution in [1.82, 2.24) is 40.1 Å². The molecule has 0 amide bonds. The van der Waals surface area contributed by atoms with Crippen LogP contribution < -0.4 is 5.32 Å². The summed E-state index contributed by atoms with van der Waals surface area (Å²) in [6.07, 6.45) is 9.15. The number of halogens is 3. The molecule has 36 heavy (non-hydrogen) atoms. The van der Waals surface area contributed by atoms with Crippen molar-refractivity contribution in [1.29, 1.82) is 0 Å². The minimum Gasteiger partial charge on any atom is -0.371 e. The van der Waals surface area contributed by atoms with Crippen LogP contribution in [0.15, 0.2) is 43.0 Å². The number of hydrogen-bond donors (Lipinski definition) is 2. The van der Waals surface area contributed by atoms with E-state index in [2.05, 4.69) is 40.7 Å². The van der Waals surface area contributed by atoms with Crippen LogP contribution in [-0.2, 0) is 0 Å². The number of benzene rings is 1. The number of aromatic nitrogens is 7. The summed E-state index contributed by atoms with van der Waals surface area (Å²) in [7, 11) is 1.63. The van der Waals surface area contributed by atoms with Crippen LogP contribution in [0.3, 0.4) is 0 Å². The quantitative estimate of drug-likeness (QED) is 0.411. The fourth-order valence-electron chi connectivity index (χ4n) is 5.26. The van der Waals surface area contributed by atoms with Gasteiger partial charge in [0.1, 0.15) is 12.2 Å². The van der Waals surface area contributed by atoms with Crippen LogP contribution in [0.4, 0.5) is 14.6 Å². The molecule has 1 saturated heterocycles. The first-order chi connectivity index (χ1) is 17.5. The number of anilines is 1. The molecule has 6 rings (SSSR count). The lowest BCUT2D eigenvalue weighted by Crippen LogP contribution is -2.35. The molecule has 4 aromatic rings. The van der Waals surface area contributed by atoms with Crippen molar-refractivity contribution in [3.63, 3.8) is 0 Å². The predicted molar refractivity (Wildman–Crippen MR) is 131 cm³/mol. The van der Waals surface area contributed by atoms with Crippen LogP contribution >= 0.6 is 11.6 Å². The van der Waals surface area contributed by atoms with Crippen molar-refractivity contribution in [2.45, 2.75) is 31.3 Å². The second-order valence-electron chi connectivity index (χ2n) is 8.84. The molecule has 0 radical (unpaired) electrons. The van der Waals surface area contributed by atoms with Crippen LogP contribution in [-0.4, -0.2) is 59.7 Å². The average molecular weight is 510 g/mol. The smallest absolute Gasteiger partial charge is 0.174 e. The highest BCUT2D eigenvalue weighted by Crippen LogP contribution is 2.43. The van der Waals surface area contributed by atoms with E-state index in [1.807, 2.05) is 6.08 Å². The van der Waals surface area contributed by atoms with E-state index in [0.29, 0.717) is 35.5 Å². The van der Waals surface area contributed by atoms with Crippen molar-refractivity contribution in [2.75, 3.05) is 18.9 Å². The molecule has 1 fully saturated rings. The molecule has 0 spiro atoms. The number of H-pyrrole nitrogens is 1. The largest absolute Gasteiger partial charge is 0.371 e. The maximum Gasteiger partial charge on any atom is 0.174 e. The molecule has 2 aliphatic heterocycles. The number of nitrogens with zero attached hydrogens (tertiary/aromatic N) is 7. The van der Waals surface area contributed by atoms with E-state index in [1.165, 1.54) is 17.1 Å². The number of rotatable bonds is 5. The van der Waals surface area contributed by atoms with Gasteiger partial charge in [0, 0.05) is 37.0 Å². The van der Waals surface area contributed by atoms with Gasteiger partial charge in [0.05, 0.1) is 28.6 Å². The molecule has 0 bridgehead atoms. The van der Waals surface area contributed by atoms with E-state index in [9.17, 15) is 4.39 Å². The summed E-state index contributed by atoms with van der Waals surface area (Å²) >= 11 is 6.14. The number of tetrazole rings is 1. The highest BCUT2D eigenvalue weighted by molar-refractivity contribution is 6.31. The molecule has 0 saturated carbocycles. The Morgan fingerprint density at radius 3 is 2.83 bits per heavy atom. The van der Waals surface area contributed by atoms with Gasteiger partial charge in [-0.2, -0.15) is 4.68 Å². The zero-order valence-electron chi connectivity index (χ0n) is 19.3. The molecule has 2 atom stereocenters. The van der Waals surface area contributed by atoms with E-state index >= 15 is 4.39 Å². The predicted octanol–water partition coefficient (Wildman–Crippen LogP) is 4.41. The first-order valence-electron chi connectivity index (χ1n) is 11.6. The molecule has 2 N–H and O–H groups in total. The molecule has 3 aromatic heterocycles. The molecule has 5 heterocycles. The second-order valence-corrected chi connectivity index (χ2v) is 9.25. The van der Waals surface area contributed by atoms with Gasteiger partial charge < -0.3 is 10.3 Å². The molecule has 2 aliphatic rings. The topological polar surface area (TPSA) is 100 Å². The van der Waals surface area contributed by atoms with Gasteiger partial charge in [-0.15, -0.1) is 5.10 Å². The Hall–Kier alpha value is -3.70. The summed E-state index contributed by atoms with van der Waals surface area (Å²) < 4.78 is 31.5. The lowest BCUT2D eigenvalue weighted by molar-refractivity contribution is 0.205. The summed E-state index contributed by atoms with van der Waals surface area (Å²) in [4.78, 5) is 14.3. The Balaban J connectivity index is 1.29. The normalized spacial score (nSPS) is 19.8. The third kappa shape index (κ3) is 3.75. The Morgan fingerprint density at radius 2 is 2.03 bits per heavy atom. The summed E-state index contributed by atoms with van der Waals surface area (Å²) in [6, 6.07) is 5.13. The summed E-state index contributed by atoms with van der Waals surface area (Å²) in [5.41, 5.74) is 2.86. The van der Waals surface area contributed by atoms with Crippen LogP contribution in [0.25, 0.3) is 22.5 Å². The van der Waals surface area contributed by atoms with Crippen molar-refractivity contribution in [3.05, 3.63) is 71.0 Å². The third-order valence-corrected chi connectivity index (χ3v) is 7.26. The maximum atomic E-state index is 15.3. The van der Waals surface area contributed by atoms with Crippen LogP contribution in [0.5, 0.6) is 0 Å². The molecule has 12 heteroatoms. The Labute approximate surface area is 210 Å². The van der Waals surface area contributed by atoms with Gasteiger partial charge in [-0.25, -0.2) is 18.7 Å². The summed E-state index contributed by atoms with van der Waals surface area (Å²) in [5, 5.41) is 14.1. The first kappa shape index (κ1) is 22.7. The van der Waals surface area contributed by atoms with E-state index < -0.39 is 11.6 Å². The number of pyridine rings is 1. The number of hydrogen-bond acceptors (Lipinski definition) is 7. The fraction of sp³-hybridized carbons (Fsp3) is 0.292. The molecule has 184 valence electrons. The Kier molecular flexibility index (Phi) is 5.73. The fourth-order valence-corrected chi connectivity index (χ4v) is 5.42. The lowest BCUT2D eigenvalue weighted by atomic mass is 9.92. The highest BCUT2D eigenvalue weighted by atomic mass is 35.5. The maximum absolute atomic E-state index is 15.3. The number of imidazole rings is 1. The molecule has 0 aliphatic carbocycles. The standard InChI is InChI=1S/C24H22ClF2N9/c1-28-24-21(26)15(6-8-29-24)17-11-30-23(32-17)19-4-2-14-10-13(7-9-35(14)19)20-18(36-12-31-33-34-36)5-3-16(25)22(20)27/h3,5-8,11-12,14,19H,2,4,9-10H2,1H3,(H,28,29)(H,30,32)/t14-,19+/m0/s1. The van der Waals surface area contributed by atoms with Gasteiger partial charge in [0.2, 0.25) is 0 Å². The molecular weight excluding hydrogens is 488 g/mol. The third-order valence-electron chi connectivity index (χ3n) is 6.96. The lowest BCUT2D eigenvalue weighted by Gasteiger charge is -2.33. The monoisotopic (exact) mass is 509 g/mol. The minimum absolute atomic E-state index is 0.0541. The minimum atomic E-state index is -0.477. The molecule has 0 unspecified atom stereocenters. The van der Waals surface area contributed by atoms with Crippen molar-refractivity contribution < 1.29 is 8.78 Å². The van der Waals surface area contributed by atoms with Gasteiger partial charge in [0.15, 0.2) is 17.5 Å². The summed E-state index contributed by atoms with van der Waals surface area (Å²) in [6.45, 7) is 0.620. The zero-order valence-corrected chi connectivity index (χ0v) is 20.0. The second kappa shape index (κ2) is 9.07. The van der Waals surface area contributed by atoms with E-state index in [1.54, 1.807) is 31.6 Å². The van der Waals surface area contributed by atoms with Crippen LogP contribution in [0, 0.1) is 11.6 Å². The van der Waals surface area contributed by atoms with Crippen LogP contribution in [0.2, 0.25) is 5.02 Å². The van der Waals surface area contributed by atoms with Gasteiger partial charge in [0.25, 0.3) is 0 Å². The summed E-state index contributed by atoms with van der Waals surface area (Å²) in [5.74, 6) is 0.0735. The molecule has 9 nitrogen and oxygen atoms in total. The number of nitrogens with one attached hydrogen (secondary N) is 2. The molecule has 1 aromatic carbocycles. The van der Waals surface area contributed by atoms with E-state index in [-0.39, 0.29) is 22.9 Å². The van der Waals surface area contributed by atoms with Gasteiger partial charge >= 0.3 is 0 Å². The van der Waals surface area contributed by atoms with E-state index in [4.69, 9.17) is 11.6 Å². The zero-order chi connectivity index (χ0) is 24.8.